The number of aryl methyl sites for hydroxylation is 1. The first-order valence-corrected chi connectivity index (χ1v) is 5.05. The second-order valence-corrected chi connectivity index (χ2v) is 3.85. The standard InChI is InChI=1S/C12H13F3O/c1-9(8-16)2-3-10-4-6-11(7-5-10)12(13,14)15/h4-9H,2-3H2,1H3/t9-/m1/s1. The zero-order valence-electron chi connectivity index (χ0n) is 8.92. The molecular formula is C12H13F3O. The summed E-state index contributed by atoms with van der Waals surface area (Å²) >= 11 is 0. The molecule has 16 heavy (non-hydrogen) atoms. The lowest BCUT2D eigenvalue weighted by atomic mass is 10.0. The van der Waals surface area contributed by atoms with E-state index in [9.17, 15) is 18.0 Å². The number of rotatable bonds is 4. The van der Waals surface area contributed by atoms with Gasteiger partial charge in [0.2, 0.25) is 0 Å². The summed E-state index contributed by atoms with van der Waals surface area (Å²) in [5.74, 6) is -0.0534. The van der Waals surface area contributed by atoms with Crippen molar-refractivity contribution in [2.75, 3.05) is 0 Å². The van der Waals surface area contributed by atoms with Crippen molar-refractivity contribution in [3.05, 3.63) is 35.4 Å². The van der Waals surface area contributed by atoms with E-state index < -0.39 is 11.7 Å². The van der Waals surface area contributed by atoms with Gasteiger partial charge in [-0.15, -0.1) is 0 Å². The molecule has 88 valence electrons. The molecule has 0 saturated carbocycles. The van der Waals surface area contributed by atoms with Crippen molar-refractivity contribution in [3.63, 3.8) is 0 Å². The van der Waals surface area contributed by atoms with Crippen LogP contribution in [0.3, 0.4) is 0 Å². The van der Waals surface area contributed by atoms with Gasteiger partial charge in [-0.2, -0.15) is 13.2 Å². The van der Waals surface area contributed by atoms with Gasteiger partial charge in [0.05, 0.1) is 5.56 Å². The highest BCUT2D eigenvalue weighted by Crippen LogP contribution is 2.29. The first-order chi connectivity index (χ1) is 7.43. The zero-order chi connectivity index (χ0) is 12.2. The number of carbonyl (C=O) groups is 1. The number of benzene rings is 1. The van der Waals surface area contributed by atoms with Crippen LogP contribution < -0.4 is 0 Å². The third-order valence-corrected chi connectivity index (χ3v) is 2.40. The predicted molar refractivity (Wildman–Crippen MR) is 55.0 cm³/mol. The molecular weight excluding hydrogens is 217 g/mol. The fourth-order valence-electron chi connectivity index (χ4n) is 1.32. The molecule has 1 aromatic rings. The van der Waals surface area contributed by atoms with E-state index in [1.165, 1.54) is 12.1 Å². The summed E-state index contributed by atoms with van der Waals surface area (Å²) in [5, 5.41) is 0. The minimum absolute atomic E-state index is 0.0534. The quantitative estimate of drug-likeness (QED) is 0.724. The van der Waals surface area contributed by atoms with Crippen LogP contribution in [-0.4, -0.2) is 6.29 Å². The number of hydrogen-bond donors (Lipinski definition) is 0. The SMILES string of the molecule is C[C@@H](C=O)CCc1ccc(C(F)(F)F)cc1. The molecule has 0 aliphatic rings. The smallest absolute Gasteiger partial charge is 0.303 e. The number of alkyl halides is 3. The van der Waals surface area contributed by atoms with Crippen molar-refractivity contribution in [1.29, 1.82) is 0 Å². The van der Waals surface area contributed by atoms with E-state index in [-0.39, 0.29) is 5.92 Å². The normalized spacial score (nSPS) is 13.5. The maximum absolute atomic E-state index is 12.2. The first kappa shape index (κ1) is 12.7. The fourth-order valence-corrected chi connectivity index (χ4v) is 1.32. The summed E-state index contributed by atoms with van der Waals surface area (Å²) in [6.07, 6.45) is -2.15. The molecule has 0 fully saturated rings. The lowest BCUT2D eigenvalue weighted by Gasteiger charge is -2.08. The predicted octanol–water partition coefficient (Wildman–Crippen LogP) is 3.47. The molecule has 0 aliphatic heterocycles. The van der Waals surface area contributed by atoms with Gasteiger partial charge in [0.1, 0.15) is 6.29 Å². The highest BCUT2D eigenvalue weighted by atomic mass is 19.4. The Morgan fingerprint density at radius 2 is 1.81 bits per heavy atom. The molecule has 0 aliphatic carbocycles. The average molecular weight is 230 g/mol. The summed E-state index contributed by atoms with van der Waals surface area (Å²) in [6.45, 7) is 1.79. The van der Waals surface area contributed by atoms with E-state index in [2.05, 4.69) is 0 Å². The summed E-state index contributed by atoms with van der Waals surface area (Å²) < 4.78 is 36.7. The lowest BCUT2D eigenvalue weighted by Crippen LogP contribution is -2.05. The van der Waals surface area contributed by atoms with E-state index in [0.717, 1.165) is 24.0 Å². The van der Waals surface area contributed by atoms with Gasteiger partial charge in [-0.05, 0) is 30.5 Å². The summed E-state index contributed by atoms with van der Waals surface area (Å²) in [7, 11) is 0. The van der Waals surface area contributed by atoms with E-state index in [1.807, 2.05) is 0 Å². The minimum atomic E-state index is -4.28. The molecule has 1 rings (SSSR count). The maximum Gasteiger partial charge on any atom is 0.416 e. The Morgan fingerprint density at radius 1 is 1.25 bits per heavy atom. The van der Waals surface area contributed by atoms with E-state index in [4.69, 9.17) is 0 Å². The summed E-state index contributed by atoms with van der Waals surface area (Å²) in [4.78, 5) is 10.4. The lowest BCUT2D eigenvalue weighted by molar-refractivity contribution is -0.137. The molecule has 0 unspecified atom stereocenters. The third-order valence-electron chi connectivity index (χ3n) is 2.40. The van der Waals surface area contributed by atoms with Crippen LogP contribution in [0.25, 0.3) is 0 Å². The second kappa shape index (κ2) is 5.14. The van der Waals surface area contributed by atoms with Crippen molar-refractivity contribution in [2.45, 2.75) is 25.9 Å². The topological polar surface area (TPSA) is 17.1 Å². The molecule has 0 bridgehead atoms. The molecule has 0 amide bonds. The van der Waals surface area contributed by atoms with Crippen LogP contribution >= 0.6 is 0 Å². The van der Waals surface area contributed by atoms with Crippen molar-refractivity contribution >= 4 is 6.29 Å². The Morgan fingerprint density at radius 3 is 2.25 bits per heavy atom. The second-order valence-electron chi connectivity index (χ2n) is 3.85. The molecule has 1 nitrogen and oxygen atoms in total. The Labute approximate surface area is 92.3 Å². The number of halogens is 3. The van der Waals surface area contributed by atoms with Crippen LogP contribution in [0.2, 0.25) is 0 Å². The molecule has 0 heterocycles. The van der Waals surface area contributed by atoms with Gasteiger partial charge in [-0.25, -0.2) is 0 Å². The first-order valence-electron chi connectivity index (χ1n) is 5.05. The third kappa shape index (κ3) is 3.68. The Balaban J connectivity index is 2.62. The molecule has 0 aromatic heterocycles. The summed E-state index contributed by atoms with van der Waals surface area (Å²) in [6, 6.07) is 5.06. The van der Waals surface area contributed by atoms with Crippen molar-refractivity contribution in [2.24, 2.45) is 5.92 Å². The fraction of sp³-hybridized carbons (Fsp3) is 0.417. The van der Waals surface area contributed by atoms with Gasteiger partial charge in [0.25, 0.3) is 0 Å². The molecule has 0 N–H and O–H groups in total. The number of carbonyl (C=O) groups excluding carboxylic acids is 1. The van der Waals surface area contributed by atoms with E-state index in [1.54, 1.807) is 6.92 Å². The van der Waals surface area contributed by atoms with Gasteiger partial charge in [-0.3, -0.25) is 0 Å². The minimum Gasteiger partial charge on any atom is -0.303 e. The molecule has 0 spiro atoms. The van der Waals surface area contributed by atoms with Gasteiger partial charge >= 0.3 is 6.18 Å². The monoisotopic (exact) mass is 230 g/mol. The van der Waals surface area contributed by atoms with Crippen molar-refractivity contribution in [3.8, 4) is 0 Å². The van der Waals surface area contributed by atoms with Crippen LogP contribution in [0.4, 0.5) is 13.2 Å². The largest absolute Gasteiger partial charge is 0.416 e. The Hall–Kier alpha value is -1.32. The van der Waals surface area contributed by atoms with Gasteiger partial charge in [0, 0.05) is 5.92 Å². The molecule has 0 saturated heterocycles. The molecule has 1 aromatic carbocycles. The number of hydrogen-bond acceptors (Lipinski definition) is 1. The van der Waals surface area contributed by atoms with Crippen molar-refractivity contribution in [1.82, 2.24) is 0 Å². The van der Waals surface area contributed by atoms with E-state index >= 15 is 0 Å². The molecule has 0 radical (unpaired) electrons. The van der Waals surface area contributed by atoms with Crippen molar-refractivity contribution < 1.29 is 18.0 Å². The molecule has 1 atom stereocenters. The van der Waals surface area contributed by atoms with Crippen LogP contribution in [0, 0.1) is 5.92 Å². The van der Waals surface area contributed by atoms with Crippen LogP contribution in [0.15, 0.2) is 24.3 Å². The average Bonchev–Trinajstić information content (AvgIpc) is 2.25. The number of aldehydes is 1. The van der Waals surface area contributed by atoms with Crippen LogP contribution in [0.1, 0.15) is 24.5 Å². The van der Waals surface area contributed by atoms with Gasteiger partial charge in [0.15, 0.2) is 0 Å². The highest BCUT2D eigenvalue weighted by Gasteiger charge is 2.29. The van der Waals surface area contributed by atoms with Crippen LogP contribution in [-0.2, 0) is 17.4 Å². The molecule has 4 heteroatoms. The van der Waals surface area contributed by atoms with Gasteiger partial charge < -0.3 is 4.79 Å². The van der Waals surface area contributed by atoms with Gasteiger partial charge in [-0.1, -0.05) is 19.1 Å². The van der Waals surface area contributed by atoms with Crippen LogP contribution in [0.5, 0.6) is 0 Å². The Bertz CT molecular complexity index is 340. The maximum atomic E-state index is 12.2. The Kier molecular flexibility index (Phi) is 4.10. The van der Waals surface area contributed by atoms with E-state index in [0.29, 0.717) is 12.8 Å². The zero-order valence-corrected chi connectivity index (χ0v) is 8.92. The highest BCUT2D eigenvalue weighted by molar-refractivity contribution is 5.52. The summed E-state index contributed by atoms with van der Waals surface area (Å²) in [5.41, 5.74) is 0.182.